The van der Waals surface area contributed by atoms with Crippen LogP contribution in [0, 0.1) is 12.8 Å². The number of benzene rings is 1. The third kappa shape index (κ3) is 6.75. The number of thioether (sulfide) groups is 1. The zero-order valence-corrected chi connectivity index (χ0v) is 25.0. The van der Waals surface area contributed by atoms with Crippen LogP contribution in [0.25, 0.3) is 0 Å². The molecule has 3 N–H and O–H groups in total. The molecule has 1 aliphatic carbocycles. The molecule has 2 amide bonds. The number of carbonyl (C=O) groups is 2. The quantitative estimate of drug-likeness (QED) is 0.268. The zero-order chi connectivity index (χ0) is 33.2. The van der Waals surface area contributed by atoms with Crippen LogP contribution >= 0.6 is 23.4 Å². The van der Waals surface area contributed by atoms with E-state index >= 15 is 0 Å². The van der Waals surface area contributed by atoms with Crippen molar-refractivity contribution in [1.82, 2.24) is 20.1 Å². The number of primary amides is 1. The van der Waals surface area contributed by atoms with Crippen molar-refractivity contribution in [2.45, 2.75) is 63.5 Å². The summed E-state index contributed by atoms with van der Waals surface area (Å²) in [6, 6.07) is 3.51. The number of carbonyl (C=O) groups excluding carboxylic acids is 2. The number of nitrogens with zero attached hydrogens (tertiary/aromatic N) is 3. The maximum Gasteiger partial charge on any atom is 0.367 e. The molecule has 3 atom stereocenters. The highest BCUT2D eigenvalue weighted by Crippen LogP contribution is 2.44. The lowest BCUT2D eigenvalue weighted by Gasteiger charge is -2.38. The van der Waals surface area contributed by atoms with Gasteiger partial charge in [0.15, 0.2) is 0 Å². The molecule has 0 saturated carbocycles. The highest BCUT2D eigenvalue weighted by molar-refractivity contribution is 7.99. The van der Waals surface area contributed by atoms with Gasteiger partial charge in [-0.1, -0.05) is 48.9 Å². The van der Waals surface area contributed by atoms with E-state index in [9.17, 15) is 44.7 Å². The molecule has 0 saturated heterocycles. The first-order valence-electron chi connectivity index (χ1n) is 13.0. The summed E-state index contributed by atoms with van der Waals surface area (Å²) in [5.41, 5.74) is 4.45. The lowest BCUT2D eigenvalue weighted by Crippen LogP contribution is -2.54. The largest absolute Gasteiger partial charge is 0.369 e. The fraction of sp³-hybridized carbons (Fsp3) is 0.481. The second-order valence-corrected chi connectivity index (χ2v) is 11.8. The van der Waals surface area contributed by atoms with Crippen molar-refractivity contribution < 1.29 is 44.7 Å². The van der Waals surface area contributed by atoms with Crippen LogP contribution in [0.2, 0.25) is 0 Å². The van der Waals surface area contributed by atoms with Crippen LogP contribution in [0.5, 0.6) is 0 Å². The SMILES string of the molecule is CCSC[C@H](C)NC(=O)C1C(Cl)=CC=CC1(C(N)=O)c1ccc(Cn2nc(C(F)(F)C(F)F)nc2C(F)(F)C(F)F)cc1C. The Morgan fingerprint density at radius 1 is 1.16 bits per heavy atom. The Balaban J connectivity index is 2.08. The number of alkyl halides is 8. The van der Waals surface area contributed by atoms with Gasteiger partial charge >= 0.3 is 24.7 Å². The van der Waals surface area contributed by atoms with Crippen molar-refractivity contribution in [2.75, 3.05) is 11.5 Å². The molecule has 7 nitrogen and oxygen atoms in total. The normalized spacial score (nSPS) is 19.8. The molecule has 3 rings (SSSR count). The van der Waals surface area contributed by atoms with E-state index in [4.69, 9.17) is 17.3 Å². The number of hydrogen-bond donors (Lipinski definition) is 2. The van der Waals surface area contributed by atoms with Crippen LogP contribution < -0.4 is 11.1 Å². The smallest absolute Gasteiger partial charge is 0.367 e. The molecule has 0 spiro atoms. The molecular weight excluding hydrogens is 646 g/mol. The first-order chi connectivity index (χ1) is 20.4. The first kappa shape index (κ1) is 35.3. The summed E-state index contributed by atoms with van der Waals surface area (Å²) >= 11 is 8.03. The highest BCUT2D eigenvalue weighted by Gasteiger charge is 2.53. The molecule has 0 fully saturated rings. The number of aromatic nitrogens is 3. The molecule has 0 aliphatic heterocycles. The molecule has 1 aromatic heterocycles. The van der Waals surface area contributed by atoms with Crippen molar-refractivity contribution in [2.24, 2.45) is 11.7 Å². The fourth-order valence-corrected chi connectivity index (χ4v) is 5.81. The summed E-state index contributed by atoms with van der Waals surface area (Å²) < 4.78 is 108. The number of amides is 2. The lowest BCUT2D eigenvalue weighted by atomic mass is 9.65. The van der Waals surface area contributed by atoms with E-state index in [1.165, 1.54) is 43.4 Å². The number of aryl methyl sites for hydroxylation is 1. The van der Waals surface area contributed by atoms with Gasteiger partial charge in [-0.3, -0.25) is 9.59 Å². The topological polar surface area (TPSA) is 103 Å². The molecule has 1 aliphatic rings. The van der Waals surface area contributed by atoms with Crippen molar-refractivity contribution in [3.63, 3.8) is 0 Å². The summed E-state index contributed by atoms with van der Waals surface area (Å²) in [7, 11) is 0. The number of nitrogens with one attached hydrogen (secondary N) is 1. The minimum absolute atomic E-state index is 0.00152. The third-order valence-corrected chi connectivity index (χ3v) is 8.35. The third-order valence-electron chi connectivity index (χ3n) is 6.86. The van der Waals surface area contributed by atoms with E-state index in [2.05, 4.69) is 15.4 Å². The predicted octanol–water partition coefficient (Wildman–Crippen LogP) is 5.64. The van der Waals surface area contributed by atoms with Crippen LogP contribution in [0.4, 0.5) is 35.1 Å². The van der Waals surface area contributed by atoms with E-state index < -0.39 is 66.0 Å². The van der Waals surface area contributed by atoms with Crippen LogP contribution in [-0.4, -0.2) is 57.0 Å². The molecule has 2 unspecified atom stereocenters. The summed E-state index contributed by atoms with van der Waals surface area (Å²) in [4.78, 5) is 29.2. The van der Waals surface area contributed by atoms with Gasteiger partial charge in [0.1, 0.15) is 5.41 Å². The lowest BCUT2D eigenvalue weighted by molar-refractivity contribution is -0.146. The molecule has 1 aromatic carbocycles. The molecule has 17 heteroatoms. The van der Waals surface area contributed by atoms with Crippen LogP contribution in [-0.2, 0) is 33.4 Å². The van der Waals surface area contributed by atoms with Gasteiger partial charge in [-0.05, 0) is 42.4 Å². The Hall–Kier alpha value is -3.14. The second kappa shape index (κ2) is 13.5. The second-order valence-electron chi connectivity index (χ2n) is 10.1. The van der Waals surface area contributed by atoms with Crippen molar-refractivity contribution in [3.8, 4) is 0 Å². The standard InChI is InChI=1S/C27H28ClF8N5O2S/c1-4-44-12-14(3)38-19(42)18-17(28)6-5-9-25(18,22(37)43)16-8-7-15(10-13(16)2)11-41-24(27(35,36)21(31)32)39-23(40-41)26(33,34)20(29)30/h5-10,14,18,20-21H,4,11-12H2,1-3H3,(H2,37,43)(H,38,42)/t14-,18?,25?/m0/s1. The van der Waals surface area contributed by atoms with Gasteiger partial charge < -0.3 is 11.1 Å². The Morgan fingerprint density at radius 3 is 2.34 bits per heavy atom. The van der Waals surface area contributed by atoms with E-state index in [1.807, 2.05) is 6.92 Å². The molecule has 2 aromatic rings. The fourth-order valence-electron chi connectivity index (χ4n) is 4.80. The Kier molecular flexibility index (Phi) is 10.8. The predicted molar refractivity (Wildman–Crippen MR) is 148 cm³/mol. The van der Waals surface area contributed by atoms with Gasteiger partial charge in [0, 0.05) is 16.8 Å². The number of hydrogen-bond acceptors (Lipinski definition) is 5. The Morgan fingerprint density at radius 2 is 1.80 bits per heavy atom. The van der Waals surface area contributed by atoms with Crippen LogP contribution in [0.3, 0.4) is 0 Å². The highest BCUT2D eigenvalue weighted by atomic mass is 35.5. The minimum Gasteiger partial charge on any atom is -0.369 e. The summed E-state index contributed by atoms with van der Waals surface area (Å²) in [6.07, 6.45) is -4.58. The maximum atomic E-state index is 14.3. The van der Waals surface area contributed by atoms with Crippen molar-refractivity contribution in [3.05, 3.63) is 69.8 Å². The van der Waals surface area contributed by atoms with Gasteiger partial charge in [0.25, 0.3) is 0 Å². The number of rotatable bonds is 13. The number of allylic oxidation sites excluding steroid dienone is 2. The Bertz CT molecular complexity index is 1450. The van der Waals surface area contributed by atoms with Gasteiger partial charge in [-0.25, -0.2) is 27.2 Å². The van der Waals surface area contributed by atoms with E-state index in [0.717, 1.165) is 5.75 Å². The first-order valence-corrected chi connectivity index (χ1v) is 14.5. The van der Waals surface area contributed by atoms with Crippen molar-refractivity contribution in [1.29, 1.82) is 0 Å². The summed E-state index contributed by atoms with van der Waals surface area (Å²) in [5, 5.41) is 5.84. The van der Waals surface area contributed by atoms with Crippen molar-refractivity contribution >= 4 is 35.2 Å². The molecule has 242 valence electrons. The van der Waals surface area contributed by atoms with Gasteiger partial charge in [-0.2, -0.15) is 29.3 Å². The van der Waals surface area contributed by atoms with Gasteiger partial charge in [0.2, 0.25) is 23.5 Å². The molecular formula is C27H28ClF8N5O2S. The summed E-state index contributed by atoms with van der Waals surface area (Å²) in [5.74, 6) is -15.7. The number of nitrogens with two attached hydrogens (primary N) is 1. The van der Waals surface area contributed by atoms with Gasteiger partial charge in [-0.15, -0.1) is 5.10 Å². The summed E-state index contributed by atoms with van der Waals surface area (Å²) in [6.45, 7) is 4.30. The maximum absolute atomic E-state index is 14.3. The van der Waals surface area contributed by atoms with E-state index in [-0.39, 0.29) is 32.4 Å². The van der Waals surface area contributed by atoms with Crippen LogP contribution in [0.1, 0.15) is 42.2 Å². The zero-order valence-electron chi connectivity index (χ0n) is 23.4. The Labute approximate surface area is 256 Å². The molecule has 0 radical (unpaired) electrons. The van der Waals surface area contributed by atoms with E-state index in [0.29, 0.717) is 5.75 Å². The average molecular weight is 674 g/mol. The number of halogens is 9. The molecule has 1 heterocycles. The van der Waals surface area contributed by atoms with Crippen LogP contribution in [0.15, 0.2) is 41.5 Å². The minimum atomic E-state index is -5.11. The van der Waals surface area contributed by atoms with Gasteiger partial charge in [0.05, 0.1) is 12.5 Å². The van der Waals surface area contributed by atoms with E-state index in [1.54, 1.807) is 18.7 Å². The monoisotopic (exact) mass is 673 g/mol. The molecule has 44 heavy (non-hydrogen) atoms. The average Bonchev–Trinajstić information content (AvgIpc) is 3.36. The molecule has 0 bridgehead atoms.